The van der Waals surface area contributed by atoms with Crippen LogP contribution in [0.1, 0.15) is 24.0 Å². The van der Waals surface area contributed by atoms with Gasteiger partial charge in [-0.15, -0.1) is 0 Å². The number of pyridine rings is 1. The van der Waals surface area contributed by atoms with Crippen LogP contribution in [-0.4, -0.2) is 28.4 Å². The Hall–Kier alpha value is -4.66. The third-order valence-corrected chi connectivity index (χ3v) is 6.50. The summed E-state index contributed by atoms with van der Waals surface area (Å²) in [5.74, 6) is -3.24. The van der Waals surface area contributed by atoms with Crippen LogP contribution in [0.2, 0.25) is 0 Å². The van der Waals surface area contributed by atoms with Crippen molar-refractivity contribution in [2.45, 2.75) is 19.0 Å². The number of para-hydroxylation sites is 2. The summed E-state index contributed by atoms with van der Waals surface area (Å²) in [6.07, 6.45) is -1.55. The number of carbonyl (C=O) groups is 2. The Balaban J connectivity index is 1.76. The fraction of sp³-hybridized carbons (Fsp3) is 0.138. The SMILES string of the molecule is CCN1C(=O)C(c2cccc(-c3cccnc3)c2O)C(=O)N(c2ccccc2)c2cc(C(F)(F)F)ccc21. The summed E-state index contributed by atoms with van der Waals surface area (Å²) in [6.45, 7) is 1.76. The Kier molecular flexibility index (Phi) is 6.36. The molecule has 1 aliphatic heterocycles. The molecule has 0 saturated heterocycles. The third-order valence-electron chi connectivity index (χ3n) is 6.50. The number of rotatable bonds is 4. The molecule has 1 atom stereocenters. The minimum Gasteiger partial charge on any atom is -0.507 e. The molecule has 0 radical (unpaired) electrons. The maximum Gasteiger partial charge on any atom is 0.416 e. The summed E-state index contributed by atoms with van der Waals surface area (Å²) in [5.41, 5.74) is 0.414. The van der Waals surface area contributed by atoms with Gasteiger partial charge in [0.15, 0.2) is 0 Å². The van der Waals surface area contributed by atoms with Crippen molar-refractivity contribution < 1.29 is 27.9 Å². The van der Waals surface area contributed by atoms with E-state index in [2.05, 4.69) is 4.98 Å². The zero-order valence-electron chi connectivity index (χ0n) is 20.2. The number of alkyl halides is 3. The Morgan fingerprint density at radius 2 is 1.66 bits per heavy atom. The van der Waals surface area contributed by atoms with E-state index in [1.54, 1.807) is 73.9 Å². The van der Waals surface area contributed by atoms with E-state index in [0.717, 1.165) is 17.0 Å². The molecule has 192 valence electrons. The van der Waals surface area contributed by atoms with Crippen molar-refractivity contribution in [1.82, 2.24) is 4.98 Å². The molecule has 0 aliphatic carbocycles. The van der Waals surface area contributed by atoms with Gasteiger partial charge in [-0.2, -0.15) is 13.2 Å². The summed E-state index contributed by atoms with van der Waals surface area (Å²) in [6, 6.07) is 19.3. The lowest BCUT2D eigenvalue weighted by Crippen LogP contribution is -2.39. The van der Waals surface area contributed by atoms with Gasteiger partial charge in [0.25, 0.3) is 0 Å². The average Bonchev–Trinajstić information content (AvgIpc) is 3.00. The molecule has 0 spiro atoms. The molecule has 38 heavy (non-hydrogen) atoms. The van der Waals surface area contributed by atoms with Crippen LogP contribution >= 0.6 is 0 Å². The maximum absolute atomic E-state index is 14.2. The van der Waals surface area contributed by atoms with Gasteiger partial charge in [0.2, 0.25) is 11.8 Å². The van der Waals surface area contributed by atoms with E-state index in [9.17, 15) is 27.9 Å². The van der Waals surface area contributed by atoms with Crippen molar-refractivity contribution in [2.24, 2.45) is 0 Å². The Bertz CT molecular complexity index is 1510. The van der Waals surface area contributed by atoms with Crippen molar-refractivity contribution in [2.75, 3.05) is 16.3 Å². The smallest absolute Gasteiger partial charge is 0.416 e. The highest BCUT2D eigenvalue weighted by Crippen LogP contribution is 2.46. The van der Waals surface area contributed by atoms with Gasteiger partial charge in [-0.3, -0.25) is 19.5 Å². The van der Waals surface area contributed by atoms with Crippen molar-refractivity contribution in [3.63, 3.8) is 0 Å². The number of carbonyl (C=O) groups excluding carboxylic acids is 2. The molecular weight excluding hydrogens is 495 g/mol. The standard InChI is InChI=1S/C29H22F3N3O3/c1-2-34-23-14-13-19(29(30,31)32)16-24(23)35(20-9-4-3-5-10-20)28(38)25(27(34)37)22-12-6-11-21(26(22)36)18-8-7-15-33-17-18/h3-17,25,36H,2H2,1H3. The zero-order valence-corrected chi connectivity index (χ0v) is 20.2. The fourth-order valence-corrected chi connectivity index (χ4v) is 4.72. The molecule has 1 unspecified atom stereocenters. The lowest BCUT2D eigenvalue weighted by atomic mass is 9.91. The Labute approximate surface area is 216 Å². The number of hydrogen-bond acceptors (Lipinski definition) is 4. The van der Waals surface area contributed by atoms with Crippen molar-refractivity contribution in [1.29, 1.82) is 0 Å². The monoisotopic (exact) mass is 517 g/mol. The van der Waals surface area contributed by atoms with Crippen molar-refractivity contribution in [3.8, 4) is 16.9 Å². The van der Waals surface area contributed by atoms with E-state index in [-0.39, 0.29) is 34.9 Å². The predicted octanol–water partition coefficient (Wildman–Crippen LogP) is 6.29. The molecule has 2 heterocycles. The molecular formula is C29H22F3N3O3. The molecule has 0 fully saturated rings. The van der Waals surface area contributed by atoms with E-state index in [1.807, 2.05) is 0 Å². The Morgan fingerprint density at radius 1 is 0.895 bits per heavy atom. The second-order valence-corrected chi connectivity index (χ2v) is 8.71. The summed E-state index contributed by atoms with van der Waals surface area (Å²) < 4.78 is 41.2. The van der Waals surface area contributed by atoms with Crippen molar-refractivity contribution in [3.05, 3.63) is 102 Å². The van der Waals surface area contributed by atoms with E-state index >= 15 is 0 Å². The van der Waals surface area contributed by atoms with Crippen LogP contribution in [0.4, 0.5) is 30.2 Å². The van der Waals surface area contributed by atoms with Crippen LogP contribution in [0.15, 0.2) is 91.3 Å². The summed E-state index contributed by atoms with van der Waals surface area (Å²) in [4.78, 5) is 34.6. The Morgan fingerprint density at radius 3 is 2.32 bits per heavy atom. The lowest BCUT2D eigenvalue weighted by molar-refractivity contribution is -0.137. The van der Waals surface area contributed by atoms with Crippen LogP contribution < -0.4 is 9.80 Å². The van der Waals surface area contributed by atoms with E-state index in [0.29, 0.717) is 11.1 Å². The number of halogens is 3. The summed E-state index contributed by atoms with van der Waals surface area (Å²) in [5, 5.41) is 11.3. The number of fused-ring (bicyclic) bond motifs is 1. The third kappa shape index (κ3) is 4.26. The number of phenols is 1. The molecule has 1 aliphatic rings. The number of nitrogens with zero attached hydrogens (tertiary/aromatic N) is 3. The van der Waals surface area contributed by atoms with E-state index in [4.69, 9.17) is 0 Å². The number of likely N-dealkylation sites (N-methyl/N-ethyl adjacent to an activating group) is 1. The normalized spacial score (nSPS) is 15.8. The van der Waals surface area contributed by atoms with Crippen LogP contribution in [0.3, 0.4) is 0 Å². The number of aromatic nitrogens is 1. The zero-order chi connectivity index (χ0) is 27.0. The first-order valence-electron chi connectivity index (χ1n) is 11.9. The quantitative estimate of drug-likeness (QED) is 0.323. The molecule has 3 aromatic carbocycles. The second kappa shape index (κ2) is 9.66. The highest BCUT2D eigenvalue weighted by Gasteiger charge is 2.44. The number of amides is 2. The number of anilines is 3. The summed E-state index contributed by atoms with van der Waals surface area (Å²) >= 11 is 0. The van der Waals surface area contributed by atoms with E-state index < -0.39 is 29.5 Å². The minimum absolute atomic E-state index is 0.0459. The van der Waals surface area contributed by atoms with Gasteiger partial charge >= 0.3 is 6.18 Å². The van der Waals surface area contributed by atoms with Crippen molar-refractivity contribution >= 4 is 28.9 Å². The largest absolute Gasteiger partial charge is 0.507 e. The molecule has 1 N–H and O–H groups in total. The molecule has 5 rings (SSSR count). The topological polar surface area (TPSA) is 73.7 Å². The highest BCUT2D eigenvalue weighted by molar-refractivity contribution is 6.23. The number of phenolic OH excluding ortho intramolecular Hbond substituents is 1. The molecule has 1 aromatic heterocycles. The van der Waals surface area contributed by atoms with Gasteiger partial charge < -0.3 is 10.0 Å². The van der Waals surface area contributed by atoms with Gasteiger partial charge in [-0.1, -0.05) is 42.5 Å². The lowest BCUT2D eigenvalue weighted by Gasteiger charge is -2.26. The number of hydrogen-bond donors (Lipinski definition) is 1. The maximum atomic E-state index is 14.2. The van der Waals surface area contributed by atoms with E-state index in [1.165, 1.54) is 17.0 Å². The molecule has 0 bridgehead atoms. The van der Waals surface area contributed by atoms with Crippen LogP contribution in [0.5, 0.6) is 5.75 Å². The van der Waals surface area contributed by atoms with Crippen LogP contribution in [0.25, 0.3) is 11.1 Å². The van der Waals surface area contributed by atoms with Gasteiger partial charge in [0.05, 0.1) is 16.9 Å². The first-order chi connectivity index (χ1) is 18.2. The number of benzene rings is 3. The first kappa shape index (κ1) is 25.0. The average molecular weight is 518 g/mol. The van der Waals surface area contributed by atoms with Gasteiger partial charge in [-0.25, -0.2) is 0 Å². The second-order valence-electron chi connectivity index (χ2n) is 8.71. The molecule has 4 aromatic rings. The molecule has 6 nitrogen and oxygen atoms in total. The summed E-state index contributed by atoms with van der Waals surface area (Å²) in [7, 11) is 0. The molecule has 0 saturated carbocycles. The van der Waals surface area contributed by atoms with Crippen LogP contribution in [0, 0.1) is 0 Å². The van der Waals surface area contributed by atoms with Gasteiger partial charge in [0.1, 0.15) is 11.7 Å². The molecule has 2 amide bonds. The van der Waals surface area contributed by atoms with Gasteiger partial charge in [-0.05, 0) is 43.3 Å². The number of aromatic hydroxyl groups is 1. The van der Waals surface area contributed by atoms with Gasteiger partial charge in [0, 0.05) is 41.3 Å². The highest BCUT2D eigenvalue weighted by atomic mass is 19.4. The minimum atomic E-state index is -4.66. The predicted molar refractivity (Wildman–Crippen MR) is 137 cm³/mol. The molecule has 9 heteroatoms. The first-order valence-corrected chi connectivity index (χ1v) is 11.9. The fourth-order valence-electron chi connectivity index (χ4n) is 4.72. The van der Waals surface area contributed by atoms with Crippen LogP contribution in [-0.2, 0) is 15.8 Å².